The van der Waals surface area contributed by atoms with Gasteiger partial charge in [-0.15, -0.1) is 11.8 Å². The Hall–Kier alpha value is -2.31. The molecule has 9 heteroatoms. The fourth-order valence-corrected chi connectivity index (χ4v) is 4.47. The van der Waals surface area contributed by atoms with E-state index in [-0.39, 0.29) is 28.9 Å². The zero-order valence-electron chi connectivity index (χ0n) is 13.9. The zero-order valence-corrected chi connectivity index (χ0v) is 15.5. The van der Waals surface area contributed by atoms with Crippen LogP contribution in [0.4, 0.5) is 0 Å². The van der Waals surface area contributed by atoms with Gasteiger partial charge in [-0.05, 0) is 12.1 Å². The maximum absolute atomic E-state index is 12.7. The summed E-state index contributed by atoms with van der Waals surface area (Å²) < 4.78 is 0. The number of thioether (sulfide) groups is 2. The number of hydrogen-bond acceptors (Lipinski definition) is 7. The van der Waals surface area contributed by atoms with E-state index in [9.17, 15) is 24.3 Å². The number of carbonyl (C=O) groups excluding carboxylic acids is 3. The molecule has 0 bridgehead atoms. The minimum atomic E-state index is -1.10. The van der Waals surface area contributed by atoms with Gasteiger partial charge in [0.15, 0.2) is 10.9 Å². The van der Waals surface area contributed by atoms with Crippen molar-refractivity contribution in [3.63, 3.8) is 0 Å². The highest BCUT2D eigenvalue weighted by Crippen LogP contribution is 2.27. The van der Waals surface area contributed by atoms with E-state index >= 15 is 0 Å². The Morgan fingerprint density at radius 2 is 2.00 bits per heavy atom. The zero-order chi connectivity index (χ0) is 19.3. The van der Waals surface area contributed by atoms with Gasteiger partial charge >= 0.3 is 5.97 Å². The Kier molecular flexibility index (Phi) is 6.83. The van der Waals surface area contributed by atoms with Gasteiger partial charge in [-0.25, -0.2) is 4.79 Å². The molecule has 2 atom stereocenters. The molecule has 2 rings (SSSR count). The van der Waals surface area contributed by atoms with Crippen LogP contribution < -0.4 is 0 Å². The largest absolute Gasteiger partial charge is 0.480 e. The van der Waals surface area contributed by atoms with Gasteiger partial charge in [0.05, 0.1) is 22.8 Å². The molecule has 1 amide bonds. The van der Waals surface area contributed by atoms with Crippen LogP contribution >= 0.6 is 23.5 Å². The molecule has 0 spiro atoms. The van der Waals surface area contributed by atoms with E-state index in [1.807, 2.05) is 6.07 Å². The molecule has 7 nitrogen and oxygen atoms in total. The molecule has 1 unspecified atom stereocenters. The van der Waals surface area contributed by atoms with Gasteiger partial charge in [-0.1, -0.05) is 23.9 Å². The lowest BCUT2D eigenvalue weighted by atomic mass is 10.0. The Morgan fingerprint density at radius 3 is 2.54 bits per heavy atom. The van der Waals surface area contributed by atoms with Crippen molar-refractivity contribution in [3.8, 4) is 6.07 Å². The quantitative estimate of drug-likeness (QED) is 0.728. The molecule has 0 radical (unpaired) electrons. The molecule has 136 valence electrons. The molecule has 0 aliphatic carbocycles. The van der Waals surface area contributed by atoms with Crippen molar-refractivity contribution in [2.24, 2.45) is 0 Å². The van der Waals surface area contributed by atoms with Gasteiger partial charge in [0, 0.05) is 24.7 Å². The Morgan fingerprint density at radius 1 is 1.35 bits per heavy atom. The van der Waals surface area contributed by atoms with E-state index in [0.717, 1.165) is 11.8 Å². The topological polar surface area (TPSA) is 116 Å². The molecule has 0 saturated carbocycles. The van der Waals surface area contributed by atoms with Gasteiger partial charge in [0.2, 0.25) is 5.91 Å². The summed E-state index contributed by atoms with van der Waals surface area (Å²) in [6.07, 6.45) is -0.220. The normalized spacial score (nSPS) is 17.4. The molecule has 1 aliphatic heterocycles. The fourth-order valence-electron chi connectivity index (χ4n) is 2.45. The lowest BCUT2D eigenvalue weighted by Gasteiger charge is -2.25. The van der Waals surface area contributed by atoms with Crippen LogP contribution in [0.2, 0.25) is 0 Å². The van der Waals surface area contributed by atoms with E-state index in [2.05, 4.69) is 0 Å². The van der Waals surface area contributed by atoms with E-state index in [1.165, 1.54) is 47.9 Å². The number of hydrogen-bond donors (Lipinski definition) is 1. The summed E-state index contributed by atoms with van der Waals surface area (Å²) in [5, 5.41) is 16.7. The summed E-state index contributed by atoms with van der Waals surface area (Å²) in [5.74, 6) is -1.48. The van der Waals surface area contributed by atoms with Crippen LogP contribution in [-0.4, -0.2) is 55.7 Å². The number of carboxylic acid groups (broad SMARTS) is 1. The predicted molar refractivity (Wildman–Crippen MR) is 97.8 cm³/mol. The molecule has 1 N–H and O–H groups in total. The molecule has 1 aliphatic rings. The van der Waals surface area contributed by atoms with Crippen molar-refractivity contribution in [2.45, 2.75) is 24.6 Å². The average molecular weight is 392 g/mol. The summed E-state index contributed by atoms with van der Waals surface area (Å²) >= 11 is 2.05. The van der Waals surface area contributed by atoms with Gasteiger partial charge in [-0.3, -0.25) is 14.4 Å². The van der Waals surface area contributed by atoms with Gasteiger partial charge < -0.3 is 10.0 Å². The minimum Gasteiger partial charge on any atom is -0.480 e. The van der Waals surface area contributed by atoms with Crippen molar-refractivity contribution < 1.29 is 24.3 Å². The maximum atomic E-state index is 12.7. The summed E-state index contributed by atoms with van der Waals surface area (Å²) in [4.78, 5) is 49.2. The number of rotatable bonds is 6. The van der Waals surface area contributed by atoms with E-state index < -0.39 is 23.2 Å². The summed E-state index contributed by atoms with van der Waals surface area (Å²) in [5.41, 5.74) is 0.738. The van der Waals surface area contributed by atoms with Crippen LogP contribution in [0, 0.1) is 11.3 Å². The number of benzene rings is 1. The number of amides is 1. The van der Waals surface area contributed by atoms with Crippen molar-refractivity contribution in [1.29, 1.82) is 5.26 Å². The second-order valence-electron chi connectivity index (χ2n) is 5.58. The number of ketones is 1. The molecule has 1 aromatic rings. The van der Waals surface area contributed by atoms with E-state index in [1.54, 1.807) is 0 Å². The Labute approximate surface area is 158 Å². The number of nitriles is 1. The standard InChI is InChI=1S/C17H16N2O5S2/c1-10(20)26-15(16(22)19-9-25-8-13(19)17(23)24)6-14(21)12-4-2-11(7-18)3-5-12/h2-5,13,15H,6,8-9H2,1H3,(H,23,24)/t13-,15?/m0/s1. The van der Waals surface area contributed by atoms with Crippen LogP contribution in [0.5, 0.6) is 0 Å². The van der Waals surface area contributed by atoms with Crippen molar-refractivity contribution in [3.05, 3.63) is 35.4 Å². The summed E-state index contributed by atoms with van der Waals surface area (Å²) in [6, 6.07) is 6.99. The van der Waals surface area contributed by atoms with Crippen molar-refractivity contribution in [1.82, 2.24) is 4.90 Å². The van der Waals surface area contributed by atoms with Gasteiger partial charge in [-0.2, -0.15) is 5.26 Å². The smallest absolute Gasteiger partial charge is 0.327 e. The summed E-state index contributed by atoms with van der Waals surface area (Å²) in [7, 11) is 0. The third kappa shape index (κ3) is 4.86. The molecule has 0 aromatic heterocycles. The second-order valence-corrected chi connectivity index (χ2v) is 7.96. The maximum Gasteiger partial charge on any atom is 0.327 e. The fraction of sp³-hybridized carbons (Fsp3) is 0.353. The number of carboxylic acids is 1. The molecule has 1 saturated heterocycles. The van der Waals surface area contributed by atoms with Crippen LogP contribution in [0.3, 0.4) is 0 Å². The molecule has 1 fully saturated rings. The first-order chi connectivity index (χ1) is 12.3. The molecule has 1 aromatic carbocycles. The monoisotopic (exact) mass is 392 g/mol. The third-order valence-electron chi connectivity index (χ3n) is 3.74. The first-order valence-electron chi connectivity index (χ1n) is 7.65. The SMILES string of the molecule is CC(=O)SC(CC(=O)c1ccc(C#N)cc1)C(=O)N1CSC[C@H]1C(=O)O. The highest BCUT2D eigenvalue weighted by atomic mass is 32.2. The molecular weight excluding hydrogens is 376 g/mol. The highest BCUT2D eigenvalue weighted by Gasteiger charge is 2.39. The Balaban J connectivity index is 2.17. The lowest BCUT2D eigenvalue weighted by Crippen LogP contribution is -2.46. The van der Waals surface area contributed by atoms with Crippen molar-refractivity contribution >= 4 is 46.3 Å². The second kappa shape index (κ2) is 8.87. The van der Waals surface area contributed by atoms with Crippen LogP contribution in [0.25, 0.3) is 0 Å². The third-order valence-corrected chi connectivity index (χ3v) is 5.74. The van der Waals surface area contributed by atoms with E-state index in [4.69, 9.17) is 5.26 Å². The first-order valence-corrected chi connectivity index (χ1v) is 9.68. The van der Waals surface area contributed by atoms with Crippen LogP contribution in [-0.2, 0) is 14.4 Å². The Bertz CT molecular complexity index is 772. The molecule has 1 heterocycles. The number of Topliss-reactive ketones (excluding diaryl/α,β-unsaturated/α-hetero) is 1. The minimum absolute atomic E-state index is 0.218. The number of aliphatic carboxylic acids is 1. The number of carbonyl (C=O) groups is 4. The molecular formula is C17H16N2O5S2. The van der Waals surface area contributed by atoms with Crippen LogP contribution in [0.15, 0.2) is 24.3 Å². The highest BCUT2D eigenvalue weighted by molar-refractivity contribution is 8.14. The summed E-state index contributed by atoms with van der Waals surface area (Å²) in [6.45, 7) is 1.30. The number of nitrogens with zero attached hydrogens (tertiary/aromatic N) is 2. The lowest BCUT2D eigenvalue weighted by molar-refractivity contribution is -0.147. The average Bonchev–Trinajstić information content (AvgIpc) is 3.10. The van der Waals surface area contributed by atoms with Gasteiger partial charge in [0.1, 0.15) is 6.04 Å². The first kappa shape index (κ1) is 20.0. The van der Waals surface area contributed by atoms with E-state index in [0.29, 0.717) is 11.1 Å². The van der Waals surface area contributed by atoms with Gasteiger partial charge in [0.25, 0.3) is 0 Å². The van der Waals surface area contributed by atoms with Crippen LogP contribution in [0.1, 0.15) is 29.3 Å². The predicted octanol–water partition coefficient (Wildman–Crippen LogP) is 1.77. The van der Waals surface area contributed by atoms with Crippen molar-refractivity contribution in [2.75, 3.05) is 11.6 Å². The molecule has 26 heavy (non-hydrogen) atoms.